The van der Waals surface area contributed by atoms with Crippen LogP contribution in [0.1, 0.15) is 35.3 Å². The fourth-order valence-corrected chi connectivity index (χ4v) is 4.40. The lowest BCUT2D eigenvalue weighted by molar-refractivity contribution is 0.597. The van der Waals surface area contributed by atoms with Gasteiger partial charge in [0.1, 0.15) is 0 Å². The fourth-order valence-electron chi connectivity index (χ4n) is 1.33. The van der Waals surface area contributed by atoms with E-state index in [4.69, 9.17) is 0 Å². The lowest BCUT2D eigenvalue weighted by Crippen LogP contribution is -1.98. The molecule has 0 radical (unpaired) electrons. The molecule has 0 aromatic carbocycles. The summed E-state index contributed by atoms with van der Waals surface area (Å²) in [6.45, 7) is 4.14. The van der Waals surface area contributed by atoms with Crippen molar-refractivity contribution in [3.8, 4) is 0 Å². The monoisotopic (exact) mass is 217 g/mol. The first-order chi connectivity index (χ1) is 5.98. The number of nitrogens with zero attached hydrogens (tertiary/aromatic N) is 1. The molecule has 2 heterocycles. The number of hydrogen-bond acceptors (Lipinski definition) is 4. The molecule has 1 aromatic rings. The van der Waals surface area contributed by atoms with E-state index in [-0.39, 0.29) is 11.5 Å². The van der Waals surface area contributed by atoms with Crippen LogP contribution in [-0.2, 0) is 21.3 Å². The van der Waals surface area contributed by atoms with Crippen LogP contribution in [0.15, 0.2) is 0 Å². The molecule has 0 atom stereocenters. The Kier molecular flexibility index (Phi) is 1.96. The van der Waals surface area contributed by atoms with E-state index in [1.54, 1.807) is 11.3 Å². The maximum absolute atomic E-state index is 11.2. The van der Waals surface area contributed by atoms with Gasteiger partial charge in [0.15, 0.2) is 9.84 Å². The number of sulfone groups is 1. The second kappa shape index (κ2) is 2.78. The Balaban J connectivity index is 2.39. The maximum atomic E-state index is 11.2. The van der Waals surface area contributed by atoms with E-state index in [0.29, 0.717) is 5.92 Å². The van der Waals surface area contributed by atoms with Gasteiger partial charge in [0, 0.05) is 10.8 Å². The van der Waals surface area contributed by atoms with Gasteiger partial charge in [-0.3, -0.25) is 0 Å². The van der Waals surface area contributed by atoms with Gasteiger partial charge in [0.25, 0.3) is 0 Å². The van der Waals surface area contributed by atoms with E-state index >= 15 is 0 Å². The fraction of sp³-hybridized carbons (Fsp3) is 0.625. The third-order valence-corrected chi connectivity index (χ3v) is 5.02. The van der Waals surface area contributed by atoms with Crippen molar-refractivity contribution in [3.63, 3.8) is 0 Å². The van der Waals surface area contributed by atoms with Gasteiger partial charge >= 0.3 is 0 Å². The number of rotatable bonds is 1. The van der Waals surface area contributed by atoms with Gasteiger partial charge in [-0.2, -0.15) is 0 Å². The molecule has 0 saturated carbocycles. The molecule has 0 fully saturated rings. The molecule has 5 heteroatoms. The van der Waals surface area contributed by atoms with Crippen LogP contribution < -0.4 is 0 Å². The minimum atomic E-state index is -2.86. The molecule has 0 N–H and O–H groups in total. The molecular formula is C8H11NO2S2. The van der Waals surface area contributed by atoms with Gasteiger partial charge < -0.3 is 0 Å². The number of fused-ring (bicyclic) bond motifs is 1. The molecule has 1 aliphatic heterocycles. The van der Waals surface area contributed by atoms with Crippen molar-refractivity contribution < 1.29 is 8.42 Å². The van der Waals surface area contributed by atoms with Crippen molar-refractivity contribution in [2.75, 3.05) is 0 Å². The van der Waals surface area contributed by atoms with Crippen molar-refractivity contribution in [1.82, 2.24) is 4.98 Å². The lowest BCUT2D eigenvalue weighted by Gasteiger charge is -1.97. The highest BCUT2D eigenvalue weighted by atomic mass is 32.2. The Labute approximate surface area is 81.7 Å². The number of thiazole rings is 1. The summed E-state index contributed by atoms with van der Waals surface area (Å²) < 4.78 is 22.4. The lowest BCUT2D eigenvalue weighted by atomic mass is 10.2. The molecule has 1 aromatic heterocycles. The number of hydrogen-bond donors (Lipinski definition) is 0. The molecule has 0 amide bonds. The quantitative estimate of drug-likeness (QED) is 0.719. The largest absolute Gasteiger partial charge is 0.245 e. The second-order valence-electron chi connectivity index (χ2n) is 3.61. The first kappa shape index (κ1) is 9.15. The molecule has 13 heavy (non-hydrogen) atoms. The number of aromatic nitrogens is 1. The third-order valence-electron chi connectivity index (χ3n) is 2.00. The molecule has 1 aliphatic rings. The Morgan fingerprint density at radius 2 is 2.08 bits per heavy atom. The molecular weight excluding hydrogens is 206 g/mol. The van der Waals surface area contributed by atoms with Gasteiger partial charge in [-0.15, -0.1) is 11.3 Å². The highest BCUT2D eigenvalue weighted by Gasteiger charge is 2.29. The highest BCUT2D eigenvalue weighted by molar-refractivity contribution is 7.90. The van der Waals surface area contributed by atoms with E-state index in [1.807, 2.05) is 0 Å². The zero-order chi connectivity index (χ0) is 9.64. The first-order valence-electron chi connectivity index (χ1n) is 4.17. The van der Waals surface area contributed by atoms with E-state index in [2.05, 4.69) is 18.8 Å². The van der Waals surface area contributed by atoms with Crippen molar-refractivity contribution >= 4 is 21.2 Å². The summed E-state index contributed by atoms with van der Waals surface area (Å²) in [6.07, 6.45) is 0. The first-order valence-corrected chi connectivity index (χ1v) is 6.80. The van der Waals surface area contributed by atoms with Gasteiger partial charge in [0.05, 0.1) is 22.2 Å². The van der Waals surface area contributed by atoms with Crippen molar-refractivity contribution in [2.45, 2.75) is 31.3 Å². The maximum Gasteiger partial charge on any atom is 0.161 e. The smallest absolute Gasteiger partial charge is 0.161 e. The van der Waals surface area contributed by atoms with Gasteiger partial charge in [-0.05, 0) is 0 Å². The van der Waals surface area contributed by atoms with Crippen LogP contribution in [0.25, 0.3) is 0 Å². The summed E-state index contributed by atoms with van der Waals surface area (Å²) in [5, 5.41) is 1.06. The predicted octanol–water partition coefficient (Wildman–Crippen LogP) is 1.69. The van der Waals surface area contributed by atoms with Crippen LogP contribution in [0.2, 0.25) is 0 Å². The average Bonchev–Trinajstić information content (AvgIpc) is 2.39. The molecule has 0 saturated heterocycles. The zero-order valence-corrected chi connectivity index (χ0v) is 9.20. The van der Waals surface area contributed by atoms with Gasteiger partial charge in [-0.1, -0.05) is 13.8 Å². The summed E-state index contributed by atoms with van der Waals surface area (Å²) >= 11 is 1.54. The Bertz CT molecular complexity index is 401. The molecule has 3 nitrogen and oxygen atoms in total. The van der Waals surface area contributed by atoms with Crippen LogP contribution in [-0.4, -0.2) is 13.4 Å². The van der Waals surface area contributed by atoms with Crippen molar-refractivity contribution in [1.29, 1.82) is 0 Å². The topological polar surface area (TPSA) is 47.0 Å². The van der Waals surface area contributed by atoms with Crippen molar-refractivity contribution in [3.05, 3.63) is 15.6 Å². The van der Waals surface area contributed by atoms with Crippen molar-refractivity contribution in [2.24, 2.45) is 0 Å². The van der Waals surface area contributed by atoms with E-state index in [1.165, 1.54) is 0 Å². The summed E-state index contributed by atoms with van der Waals surface area (Å²) in [7, 11) is -2.86. The minimum absolute atomic E-state index is 0.144. The van der Waals surface area contributed by atoms with E-state index in [0.717, 1.165) is 15.6 Å². The molecule has 0 unspecified atom stereocenters. The van der Waals surface area contributed by atoms with E-state index < -0.39 is 9.84 Å². The van der Waals surface area contributed by atoms with Crippen LogP contribution in [0.3, 0.4) is 0 Å². The molecule has 2 rings (SSSR count). The Hall–Kier alpha value is -0.420. The minimum Gasteiger partial charge on any atom is -0.245 e. The second-order valence-corrected chi connectivity index (χ2v) is 6.79. The van der Waals surface area contributed by atoms with Gasteiger partial charge in [0.2, 0.25) is 0 Å². The summed E-state index contributed by atoms with van der Waals surface area (Å²) in [5.74, 6) is 0.747. The van der Waals surface area contributed by atoms with Crippen LogP contribution in [0.4, 0.5) is 0 Å². The molecule has 0 bridgehead atoms. The van der Waals surface area contributed by atoms with Crippen LogP contribution in [0.5, 0.6) is 0 Å². The molecule has 0 aliphatic carbocycles. The Morgan fingerprint density at radius 1 is 1.38 bits per heavy atom. The SMILES string of the molecule is CC(C)c1nc2c(s1)CS(=O)(=O)C2. The highest BCUT2D eigenvalue weighted by Crippen LogP contribution is 2.32. The van der Waals surface area contributed by atoms with Crippen LogP contribution >= 0.6 is 11.3 Å². The van der Waals surface area contributed by atoms with Gasteiger partial charge in [-0.25, -0.2) is 13.4 Å². The summed E-state index contributed by atoms with van der Waals surface area (Å²) in [4.78, 5) is 5.27. The third kappa shape index (κ3) is 1.62. The van der Waals surface area contributed by atoms with Crippen LogP contribution in [0, 0.1) is 0 Å². The molecule has 0 spiro atoms. The average molecular weight is 217 g/mol. The molecule has 72 valence electrons. The normalized spacial score (nSPS) is 19.3. The zero-order valence-electron chi connectivity index (χ0n) is 7.57. The standard InChI is InChI=1S/C8H11NO2S2/c1-5(2)8-9-6-3-13(10,11)4-7(6)12-8/h5H,3-4H2,1-2H3. The summed E-state index contributed by atoms with van der Waals surface area (Å²) in [6, 6.07) is 0. The Morgan fingerprint density at radius 3 is 2.62 bits per heavy atom. The predicted molar refractivity (Wildman–Crippen MR) is 52.5 cm³/mol. The van der Waals surface area contributed by atoms with E-state index in [9.17, 15) is 8.42 Å². The summed E-state index contributed by atoms with van der Waals surface area (Å²) in [5.41, 5.74) is 0.786.